The van der Waals surface area contributed by atoms with Crippen molar-refractivity contribution in [1.82, 2.24) is 19.7 Å². The van der Waals surface area contributed by atoms with Gasteiger partial charge in [0.15, 0.2) is 0 Å². The molecule has 0 aromatic carbocycles. The van der Waals surface area contributed by atoms with Crippen molar-refractivity contribution in [3.63, 3.8) is 0 Å². The van der Waals surface area contributed by atoms with Crippen LogP contribution in [0.5, 0.6) is 0 Å². The van der Waals surface area contributed by atoms with Crippen LogP contribution >= 0.6 is 0 Å². The molecule has 2 aromatic rings. The molecule has 2 rings (SSSR count). The molecule has 0 aliphatic carbocycles. The molecule has 6 nitrogen and oxygen atoms in total. The predicted molar refractivity (Wildman–Crippen MR) is 55.8 cm³/mol. The fourth-order valence-corrected chi connectivity index (χ4v) is 1.09. The number of rotatable bonds is 3. The molecule has 1 N–H and O–H groups in total. The van der Waals surface area contributed by atoms with E-state index in [1.54, 1.807) is 18.5 Å². The molecule has 0 aliphatic rings. The number of carboxylic acids is 1. The quantitative estimate of drug-likeness (QED) is 0.766. The average molecular weight is 216 g/mol. The smallest absolute Gasteiger partial charge is 0.328 e. The number of hydrogen-bond donors (Lipinski definition) is 1. The Morgan fingerprint density at radius 3 is 2.69 bits per heavy atom. The molecule has 0 unspecified atom stereocenters. The maximum absolute atomic E-state index is 10.3. The van der Waals surface area contributed by atoms with Gasteiger partial charge in [0.2, 0.25) is 5.95 Å². The van der Waals surface area contributed by atoms with Crippen LogP contribution in [0.1, 0.15) is 5.56 Å². The van der Waals surface area contributed by atoms with Gasteiger partial charge in [0, 0.05) is 36.4 Å². The van der Waals surface area contributed by atoms with Crippen LogP contribution in [0.2, 0.25) is 0 Å². The van der Waals surface area contributed by atoms with Gasteiger partial charge in [-0.2, -0.15) is 5.10 Å². The molecule has 80 valence electrons. The monoisotopic (exact) mass is 216 g/mol. The van der Waals surface area contributed by atoms with E-state index in [-0.39, 0.29) is 0 Å². The second kappa shape index (κ2) is 4.35. The Morgan fingerprint density at radius 1 is 1.38 bits per heavy atom. The fraction of sp³-hybridized carbons (Fsp3) is 0. The lowest BCUT2D eigenvalue weighted by Gasteiger charge is -1.98. The maximum atomic E-state index is 10.3. The predicted octanol–water partition coefficient (Wildman–Crippen LogP) is 0.760. The summed E-state index contributed by atoms with van der Waals surface area (Å²) < 4.78 is 1.52. The Balaban J connectivity index is 2.20. The van der Waals surface area contributed by atoms with Crippen LogP contribution in [0.3, 0.4) is 0 Å². The molecule has 0 radical (unpaired) electrons. The summed E-state index contributed by atoms with van der Waals surface area (Å²) in [5, 5.41) is 12.4. The van der Waals surface area contributed by atoms with Gasteiger partial charge in [-0.25, -0.2) is 19.4 Å². The van der Waals surface area contributed by atoms with Crippen LogP contribution in [0.25, 0.3) is 12.0 Å². The lowest BCUT2D eigenvalue weighted by Crippen LogP contribution is -2.00. The number of aromatic nitrogens is 4. The second-order valence-electron chi connectivity index (χ2n) is 2.94. The minimum Gasteiger partial charge on any atom is -0.478 e. The van der Waals surface area contributed by atoms with Crippen molar-refractivity contribution in [2.45, 2.75) is 0 Å². The number of nitrogens with zero attached hydrogens (tertiary/aromatic N) is 4. The molecule has 0 amide bonds. The average Bonchev–Trinajstić information content (AvgIpc) is 2.80. The van der Waals surface area contributed by atoms with E-state index in [9.17, 15) is 4.79 Å². The van der Waals surface area contributed by atoms with Gasteiger partial charge in [0.25, 0.3) is 0 Å². The van der Waals surface area contributed by atoms with Crippen LogP contribution < -0.4 is 0 Å². The van der Waals surface area contributed by atoms with Crippen molar-refractivity contribution < 1.29 is 9.90 Å². The lowest BCUT2D eigenvalue weighted by molar-refractivity contribution is -0.131. The first-order valence-corrected chi connectivity index (χ1v) is 4.49. The molecule has 16 heavy (non-hydrogen) atoms. The second-order valence-corrected chi connectivity index (χ2v) is 2.94. The van der Waals surface area contributed by atoms with Crippen LogP contribution in [-0.2, 0) is 4.79 Å². The van der Waals surface area contributed by atoms with Crippen LogP contribution in [-0.4, -0.2) is 30.8 Å². The van der Waals surface area contributed by atoms with E-state index >= 15 is 0 Å². The molecule has 0 bridgehead atoms. The molecule has 0 aliphatic heterocycles. The third-order valence-electron chi connectivity index (χ3n) is 1.79. The molecule has 0 saturated carbocycles. The van der Waals surface area contributed by atoms with Gasteiger partial charge >= 0.3 is 5.97 Å². The van der Waals surface area contributed by atoms with Gasteiger partial charge in [0.05, 0.1) is 0 Å². The van der Waals surface area contributed by atoms with E-state index < -0.39 is 5.97 Å². The van der Waals surface area contributed by atoms with E-state index in [2.05, 4.69) is 15.1 Å². The van der Waals surface area contributed by atoms with Crippen molar-refractivity contribution in [3.05, 3.63) is 42.5 Å². The summed E-state index contributed by atoms with van der Waals surface area (Å²) in [6.07, 6.45) is 8.87. The van der Waals surface area contributed by atoms with Crippen molar-refractivity contribution in [2.75, 3.05) is 0 Å². The first-order chi connectivity index (χ1) is 7.75. The minimum absolute atomic E-state index is 0.442. The zero-order valence-electron chi connectivity index (χ0n) is 8.19. The summed E-state index contributed by atoms with van der Waals surface area (Å²) in [5.74, 6) is -0.561. The number of hydrogen-bond acceptors (Lipinski definition) is 4. The van der Waals surface area contributed by atoms with Gasteiger partial charge in [0.1, 0.15) is 0 Å². The summed E-state index contributed by atoms with van der Waals surface area (Å²) in [5.41, 5.74) is 0.623. The third-order valence-corrected chi connectivity index (χ3v) is 1.79. The number of carboxylic acid groups (broad SMARTS) is 1. The summed E-state index contributed by atoms with van der Waals surface area (Å²) >= 11 is 0. The Hall–Kier alpha value is -2.50. The van der Waals surface area contributed by atoms with E-state index in [1.165, 1.54) is 23.2 Å². The lowest BCUT2D eigenvalue weighted by atomic mass is 10.3. The van der Waals surface area contributed by atoms with Crippen LogP contribution in [0.15, 0.2) is 36.9 Å². The molecule has 0 fully saturated rings. The molecule has 0 spiro atoms. The van der Waals surface area contributed by atoms with Gasteiger partial charge < -0.3 is 5.11 Å². The Bertz CT molecular complexity index is 502. The summed E-state index contributed by atoms with van der Waals surface area (Å²) in [6.45, 7) is 0. The Morgan fingerprint density at radius 2 is 2.12 bits per heavy atom. The Kier molecular flexibility index (Phi) is 2.73. The minimum atomic E-state index is -1.00. The molecule has 0 atom stereocenters. The van der Waals surface area contributed by atoms with Gasteiger partial charge in [-0.05, 0) is 12.1 Å². The van der Waals surface area contributed by atoms with Crippen LogP contribution in [0.4, 0.5) is 0 Å². The summed E-state index contributed by atoms with van der Waals surface area (Å²) in [6, 6.07) is 1.77. The molecule has 2 aromatic heterocycles. The third kappa shape index (κ3) is 2.30. The SMILES string of the molecule is O=C(O)/C=C/c1cnc(-n2cccn2)nc1. The van der Waals surface area contributed by atoms with E-state index in [1.807, 2.05) is 0 Å². The van der Waals surface area contributed by atoms with Crippen molar-refractivity contribution >= 4 is 12.0 Å². The topological polar surface area (TPSA) is 80.9 Å². The summed E-state index contributed by atoms with van der Waals surface area (Å²) in [4.78, 5) is 18.4. The van der Waals surface area contributed by atoms with Crippen molar-refractivity contribution in [2.24, 2.45) is 0 Å². The molecule has 2 heterocycles. The largest absolute Gasteiger partial charge is 0.478 e. The first-order valence-electron chi connectivity index (χ1n) is 4.49. The zero-order chi connectivity index (χ0) is 11.4. The number of aliphatic carboxylic acids is 1. The normalized spacial score (nSPS) is 10.8. The molecular formula is C10H8N4O2. The highest BCUT2D eigenvalue weighted by atomic mass is 16.4. The highest BCUT2D eigenvalue weighted by Crippen LogP contribution is 2.02. The van der Waals surface area contributed by atoms with Gasteiger partial charge in [-0.1, -0.05) is 0 Å². The maximum Gasteiger partial charge on any atom is 0.328 e. The first kappa shape index (κ1) is 10.0. The highest BCUT2D eigenvalue weighted by Gasteiger charge is 1.98. The molecule has 6 heteroatoms. The van der Waals surface area contributed by atoms with E-state index in [0.717, 1.165) is 6.08 Å². The van der Waals surface area contributed by atoms with Crippen molar-refractivity contribution in [3.8, 4) is 5.95 Å². The fourth-order valence-electron chi connectivity index (χ4n) is 1.09. The highest BCUT2D eigenvalue weighted by molar-refractivity contribution is 5.85. The van der Waals surface area contributed by atoms with E-state index in [4.69, 9.17) is 5.11 Å². The Labute approximate surface area is 90.9 Å². The molecular weight excluding hydrogens is 208 g/mol. The van der Waals surface area contributed by atoms with Gasteiger partial charge in [-0.3, -0.25) is 0 Å². The molecule has 0 saturated heterocycles. The van der Waals surface area contributed by atoms with Crippen molar-refractivity contribution in [1.29, 1.82) is 0 Å². The van der Waals surface area contributed by atoms with Crippen LogP contribution in [0, 0.1) is 0 Å². The number of carbonyl (C=O) groups is 1. The zero-order valence-corrected chi connectivity index (χ0v) is 8.19. The van der Waals surface area contributed by atoms with E-state index in [0.29, 0.717) is 11.5 Å². The summed E-state index contributed by atoms with van der Waals surface area (Å²) in [7, 11) is 0. The standard InChI is InChI=1S/C10H8N4O2/c15-9(16)3-2-8-6-11-10(12-7-8)14-5-1-4-13-14/h1-7H,(H,15,16)/b3-2+. The van der Waals surface area contributed by atoms with Gasteiger partial charge in [-0.15, -0.1) is 0 Å².